The van der Waals surface area contributed by atoms with Gasteiger partial charge >= 0.3 is 0 Å². The summed E-state index contributed by atoms with van der Waals surface area (Å²) in [4.78, 5) is 0. The topological polar surface area (TPSA) is 12.0 Å². The predicted molar refractivity (Wildman–Crippen MR) is 78.5 cm³/mol. The van der Waals surface area contributed by atoms with Gasteiger partial charge in [0.15, 0.2) is 0 Å². The highest BCUT2D eigenvalue weighted by atomic mass is 32.2. The minimum Gasteiger partial charge on any atom is -0.314 e. The summed E-state index contributed by atoms with van der Waals surface area (Å²) in [6.45, 7) is 7.98. The zero-order chi connectivity index (χ0) is 12.1. The highest BCUT2D eigenvalue weighted by Crippen LogP contribution is 2.11. The Balaban J connectivity index is 3.36. The van der Waals surface area contributed by atoms with Crippen molar-refractivity contribution in [1.82, 2.24) is 5.32 Å². The van der Waals surface area contributed by atoms with Crippen LogP contribution in [0, 0.1) is 0 Å². The van der Waals surface area contributed by atoms with Crippen molar-refractivity contribution in [2.24, 2.45) is 0 Å². The third-order valence-electron chi connectivity index (χ3n) is 2.87. The Labute approximate surface area is 107 Å². The van der Waals surface area contributed by atoms with Gasteiger partial charge in [0.1, 0.15) is 0 Å². The molecule has 0 saturated carbocycles. The van der Waals surface area contributed by atoms with E-state index in [1.807, 2.05) is 0 Å². The van der Waals surface area contributed by atoms with Gasteiger partial charge in [0.2, 0.25) is 0 Å². The van der Waals surface area contributed by atoms with Crippen LogP contribution < -0.4 is 5.32 Å². The first-order valence-electron chi connectivity index (χ1n) is 7.16. The number of unbranched alkanes of at least 4 members (excludes halogenated alkanes) is 2. The summed E-state index contributed by atoms with van der Waals surface area (Å²) in [5.74, 6) is 2.63. The van der Waals surface area contributed by atoms with Gasteiger partial charge in [-0.3, -0.25) is 0 Å². The van der Waals surface area contributed by atoms with E-state index in [2.05, 4.69) is 37.8 Å². The molecule has 0 aliphatic heterocycles. The molecule has 0 radical (unpaired) electrons. The fourth-order valence-corrected chi connectivity index (χ4v) is 2.66. The molecular weight excluding hydrogens is 214 g/mol. The standard InChI is InChI=1S/C14H31NS/c1-4-10-14(15-12-5-2)11-8-7-9-13-16-6-3/h14-15H,4-13H2,1-3H3. The average Bonchev–Trinajstić information content (AvgIpc) is 2.30. The van der Waals surface area contributed by atoms with Crippen LogP contribution >= 0.6 is 11.8 Å². The zero-order valence-corrected chi connectivity index (χ0v) is 12.4. The summed E-state index contributed by atoms with van der Waals surface area (Å²) in [5.41, 5.74) is 0. The lowest BCUT2D eigenvalue weighted by Gasteiger charge is -2.17. The first-order chi connectivity index (χ1) is 7.85. The van der Waals surface area contributed by atoms with Crippen LogP contribution in [0.25, 0.3) is 0 Å². The molecule has 1 nitrogen and oxygen atoms in total. The summed E-state index contributed by atoms with van der Waals surface area (Å²) in [6, 6.07) is 0.781. The second-order valence-corrected chi connectivity index (χ2v) is 5.88. The van der Waals surface area contributed by atoms with Crippen molar-refractivity contribution < 1.29 is 0 Å². The lowest BCUT2D eigenvalue weighted by molar-refractivity contribution is 0.431. The smallest absolute Gasteiger partial charge is 0.00669 e. The Kier molecular flexibility index (Phi) is 13.6. The van der Waals surface area contributed by atoms with E-state index in [4.69, 9.17) is 0 Å². The molecule has 0 spiro atoms. The average molecular weight is 245 g/mol. The van der Waals surface area contributed by atoms with E-state index >= 15 is 0 Å². The van der Waals surface area contributed by atoms with Gasteiger partial charge in [-0.2, -0.15) is 11.8 Å². The molecule has 98 valence electrons. The van der Waals surface area contributed by atoms with E-state index in [9.17, 15) is 0 Å². The summed E-state index contributed by atoms with van der Waals surface area (Å²) < 4.78 is 0. The second kappa shape index (κ2) is 13.4. The predicted octanol–water partition coefficient (Wildman–Crippen LogP) is 4.47. The molecule has 0 aromatic heterocycles. The quantitative estimate of drug-likeness (QED) is 0.509. The molecule has 0 heterocycles. The number of hydrogen-bond acceptors (Lipinski definition) is 2. The Bertz CT molecular complexity index is 128. The molecule has 0 aromatic carbocycles. The molecule has 0 saturated heterocycles. The molecule has 0 amide bonds. The van der Waals surface area contributed by atoms with E-state index in [1.165, 1.54) is 63.0 Å². The van der Waals surface area contributed by atoms with Gasteiger partial charge in [-0.1, -0.05) is 40.0 Å². The van der Waals surface area contributed by atoms with E-state index in [-0.39, 0.29) is 0 Å². The molecule has 0 rings (SSSR count). The maximum absolute atomic E-state index is 3.67. The van der Waals surface area contributed by atoms with Crippen molar-refractivity contribution in [3.8, 4) is 0 Å². The highest BCUT2D eigenvalue weighted by molar-refractivity contribution is 7.99. The van der Waals surface area contributed by atoms with Crippen molar-refractivity contribution in [2.75, 3.05) is 18.1 Å². The normalized spacial score (nSPS) is 12.9. The molecule has 0 aliphatic carbocycles. The SMILES string of the molecule is CCCNC(CCC)CCCCCSCC. The molecule has 2 heteroatoms. The lowest BCUT2D eigenvalue weighted by Crippen LogP contribution is -2.29. The fourth-order valence-electron chi connectivity index (χ4n) is 1.96. The van der Waals surface area contributed by atoms with Crippen molar-refractivity contribution in [1.29, 1.82) is 0 Å². The summed E-state index contributed by atoms with van der Waals surface area (Å²) in [6.07, 6.45) is 9.53. The van der Waals surface area contributed by atoms with Crippen LogP contribution in [0.4, 0.5) is 0 Å². The zero-order valence-electron chi connectivity index (χ0n) is 11.6. The van der Waals surface area contributed by atoms with Gasteiger partial charge in [-0.15, -0.1) is 0 Å². The maximum Gasteiger partial charge on any atom is 0.00669 e. The summed E-state index contributed by atoms with van der Waals surface area (Å²) in [5, 5.41) is 3.67. The van der Waals surface area contributed by atoms with Crippen molar-refractivity contribution in [3.63, 3.8) is 0 Å². The maximum atomic E-state index is 3.67. The molecule has 0 aromatic rings. The van der Waals surface area contributed by atoms with E-state index in [0.717, 1.165) is 6.04 Å². The number of nitrogens with one attached hydrogen (secondary N) is 1. The van der Waals surface area contributed by atoms with E-state index in [1.54, 1.807) is 0 Å². The van der Waals surface area contributed by atoms with Gasteiger partial charge in [0.25, 0.3) is 0 Å². The monoisotopic (exact) mass is 245 g/mol. The fraction of sp³-hybridized carbons (Fsp3) is 1.00. The van der Waals surface area contributed by atoms with Crippen LogP contribution in [-0.4, -0.2) is 24.1 Å². The van der Waals surface area contributed by atoms with Crippen molar-refractivity contribution in [2.45, 2.75) is 71.8 Å². The molecular formula is C14H31NS. The van der Waals surface area contributed by atoms with Gasteiger partial charge in [-0.25, -0.2) is 0 Å². The third kappa shape index (κ3) is 10.8. The van der Waals surface area contributed by atoms with Crippen molar-refractivity contribution >= 4 is 11.8 Å². The van der Waals surface area contributed by atoms with Crippen LogP contribution in [0.5, 0.6) is 0 Å². The van der Waals surface area contributed by atoms with Crippen molar-refractivity contribution in [3.05, 3.63) is 0 Å². The van der Waals surface area contributed by atoms with Gasteiger partial charge in [-0.05, 0) is 43.7 Å². The summed E-state index contributed by atoms with van der Waals surface area (Å²) >= 11 is 2.08. The number of hydrogen-bond donors (Lipinski definition) is 1. The van der Waals surface area contributed by atoms with Crippen LogP contribution in [0.2, 0.25) is 0 Å². The van der Waals surface area contributed by atoms with Gasteiger partial charge in [0.05, 0.1) is 0 Å². The number of rotatable bonds is 12. The van der Waals surface area contributed by atoms with E-state index < -0.39 is 0 Å². The third-order valence-corrected chi connectivity index (χ3v) is 3.85. The molecule has 1 atom stereocenters. The largest absolute Gasteiger partial charge is 0.314 e. The number of thioether (sulfide) groups is 1. The lowest BCUT2D eigenvalue weighted by atomic mass is 10.0. The molecule has 1 N–H and O–H groups in total. The Morgan fingerprint density at radius 3 is 2.38 bits per heavy atom. The molecule has 16 heavy (non-hydrogen) atoms. The first kappa shape index (κ1) is 16.3. The molecule has 0 aliphatic rings. The Morgan fingerprint density at radius 2 is 1.75 bits per heavy atom. The first-order valence-corrected chi connectivity index (χ1v) is 8.31. The van der Waals surface area contributed by atoms with Gasteiger partial charge in [0, 0.05) is 6.04 Å². The minimum atomic E-state index is 0.781. The Morgan fingerprint density at radius 1 is 0.938 bits per heavy atom. The van der Waals surface area contributed by atoms with Crippen LogP contribution in [-0.2, 0) is 0 Å². The van der Waals surface area contributed by atoms with Gasteiger partial charge < -0.3 is 5.32 Å². The second-order valence-electron chi connectivity index (χ2n) is 4.49. The van der Waals surface area contributed by atoms with E-state index in [0.29, 0.717) is 0 Å². The molecule has 0 fully saturated rings. The molecule has 1 unspecified atom stereocenters. The van der Waals surface area contributed by atoms with Crippen LogP contribution in [0.3, 0.4) is 0 Å². The summed E-state index contributed by atoms with van der Waals surface area (Å²) in [7, 11) is 0. The van der Waals surface area contributed by atoms with Crippen LogP contribution in [0.15, 0.2) is 0 Å². The van der Waals surface area contributed by atoms with Crippen LogP contribution in [0.1, 0.15) is 65.7 Å². The Hall–Kier alpha value is 0.310. The minimum absolute atomic E-state index is 0.781. The highest BCUT2D eigenvalue weighted by Gasteiger charge is 2.05. The molecule has 0 bridgehead atoms.